The van der Waals surface area contributed by atoms with Gasteiger partial charge in [-0.2, -0.15) is 0 Å². The Morgan fingerprint density at radius 2 is 0.729 bits per heavy atom. The van der Waals surface area contributed by atoms with Gasteiger partial charge in [-0.1, -0.05) is 263 Å². The standard InChI is InChI=1S/C54H105NO4/c1-3-5-7-9-11-13-15-17-18-19-20-21-22-23-24-25-26-27-28-29-30-31-32-33-34-35-36-37-39-41-43-45-47-49-53(58)55-51(50-56)54(59)52(57)48-46-44-42-40-38-16-14-12-10-8-6-4-2/h20-21,23-24,51-52,54,56-57,59H,3-19,22,25-50H2,1-2H3,(H,55,58)/b21-20-,24-23-. The molecule has 5 heteroatoms. The molecule has 0 spiro atoms. The fraction of sp³-hybridized carbons (Fsp3) is 0.907. The summed E-state index contributed by atoms with van der Waals surface area (Å²) in [5.41, 5.74) is 0. The van der Waals surface area contributed by atoms with Crippen LogP contribution in [0.5, 0.6) is 0 Å². The van der Waals surface area contributed by atoms with Gasteiger partial charge in [-0.25, -0.2) is 0 Å². The third-order valence-corrected chi connectivity index (χ3v) is 12.6. The molecule has 0 aromatic rings. The molecule has 0 aliphatic heterocycles. The van der Waals surface area contributed by atoms with E-state index in [-0.39, 0.29) is 12.5 Å². The molecule has 0 radical (unpaired) electrons. The first-order valence-corrected chi connectivity index (χ1v) is 26.6. The van der Waals surface area contributed by atoms with Gasteiger partial charge in [0.25, 0.3) is 0 Å². The Hall–Kier alpha value is -1.17. The Morgan fingerprint density at radius 3 is 1.07 bits per heavy atom. The highest BCUT2D eigenvalue weighted by atomic mass is 16.3. The molecule has 59 heavy (non-hydrogen) atoms. The second-order valence-corrected chi connectivity index (χ2v) is 18.4. The number of aliphatic hydroxyl groups is 3. The van der Waals surface area contributed by atoms with Gasteiger partial charge in [0.05, 0.1) is 18.8 Å². The lowest BCUT2D eigenvalue weighted by atomic mass is 9.99. The molecule has 0 fully saturated rings. The van der Waals surface area contributed by atoms with Gasteiger partial charge in [0.15, 0.2) is 0 Å². The number of nitrogens with one attached hydrogen (secondary N) is 1. The SMILES string of the molecule is CCCCCCCCCCC/C=C\C/C=C\CCCCCCCCCCCCCCCCCCCC(=O)NC(CO)C(O)C(O)CCCCCCCCCCCCCC. The van der Waals surface area contributed by atoms with E-state index in [1.165, 1.54) is 218 Å². The lowest BCUT2D eigenvalue weighted by Crippen LogP contribution is -2.50. The molecule has 5 nitrogen and oxygen atoms in total. The number of rotatable bonds is 49. The molecule has 4 N–H and O–H groups in total. The predicted molar refractivity (Wildman–Crippen MR) is 259 cm³/mol. The van der Waals surface area contributed by atoms with Crippen LogP contribution in [0.2, 0.25) is 0 Å². The molecular formula is C54H105NO4. The van der Waals surface area contributed by atoms with Crippen molar-refractivity contribution in [2.45, 2.75) is 308 Å². The van der Waals surface area contributed by atoms with Gasteiger partial charge < -0.3 is 20.6 Å². The summed E-state index contributed by atoms with van der Waals surface area (Å²) in [4.78, 5) is 12.5. The van der Waals surface area contributed by atoms with Crippen LogP contribution in [0.15, 0.2) is 24.3 Å². The molecule has 350 valence electrons. The molecule has 0 aliphatic carbocycles. The van der Waals surface area contributed by atoms with Crippen molar-refractivity contribution in [3.05, 3.63) is 24.3 Å². The Kier molecular flexibility index (Phi) is 48.5. The highest BCUT2D eigenvalue weighted by Crippen LogP contribution is 2.17. The molecule has 0 bridgehead atoms. The zero-order valence-corrected chi connectivity index (χ0v) is 39.9. The minimum absolute atomic E-state index is 0.141. The third kappa shape index (κ3) is 44.7. The summed E-state index contributed by atoms with van der Waals surface area (Å²) in [6.07, 6.45) is 61.9. The first kappa shape index (κ1) is 57.8. The van der Waals surface area contributed by atoms with Gasteiger partial charge in [0.1, 0.15) is 6.10 Å². The van der Waals surface area contributed by atoms with Crippen LogP contribution in [0.25, 0.3) is 0 Å². The van der Waals surface area contributed by atoms with Crippen molar-refractivity contribution in [2.75, 3.05) is 6.61 Å². The Bertz CT molecular complexity index is 874. The first-order chi connectivity index (χ1) is 29.1. The van der Waals surface area contributed by atoms with E-state index in [1.807, 2.05) is 0 Å². The summed E-state index contributed by atoms with van der Waals surface area (Å²) in [7, 11) is 0. The van der Waals surface area contributed by atoms with Gasteiger partial charge in [-0.05, 0) is 44.9 Å². The molecule has 0 saturated carbocycles. The lowest BCUT2D eigenvalue weighted by molar-refractivity contribution is -0.124. The van der Waals surface area contributed by atoms with Crippen molar-refractivity contribution in [3.8, 4) is 0 Å². The molecule has 3 atom stereocenters. The number of carbonyl (C=O) groups excluding carboxylic acids is 1. The maximum absolute atomic E-state index is 12.5. The monoisotopic (exact) mass is 832 g/mol. The van der Waals surface area contributed by atoms with Gasteiger partial charge >= 0.3 is 0 Å². The smallest absolute Gasteiger partial charge is 0.220 e. The number of allylic oxidation sites excluding steroid dienone is 4. The van der Waals surface area contributed by atoms with E-state index in [0.29, 0.717) is 12.8 Å². The van der Waals surface area contributed by atoms with E-state index in [4.69, 9.17) is 0 Å². The average molecular weight is 832 g/mol. The third-order valence-electron chi connectivity index (χ3n) is 12.6. The molecule has 1 amide bonds. The summed E-state index contributed by atoms with van der Waals surface area (Å²) in [6, 6.07) is -0.806. The number of carbonyl (C=O) groups is 1. The number of unbranched alkanes of at least 4 members (excludes halogenated alkanes) is 37. The van der Waals surface area contributed by atoms with Crippen LogP contribution in [-0.4, -0.2) is 46.1 Å². The Morgan fingerprint density at radius 1 is 0.424 bits per heavy atom. The van der Waals surface area contributed by atoms with E-state index in [9.17, 15) is 20.1 Å². The quantitative estimate of drug-likeness (QED) is 0.0363. The van der Waals surface area contributed by atoms with Crippen molar-refractivity contribution in [1.29, 1.82) is 0 Å². The molecule has 0 aromatic carbocycles. The lowest BCUT2D eigenvalue weighted by Gasteiger charge is -2.26. The van der Waals surface area contributed by atoms with E-state index < -0.39 is 18.2 Å². The summed E-state index contributed by atoms with van der Waals surface area (Å²) in [6.45, 7) is 4.19. The normalized spacial score (nSPS) is 13.5. The maximum atomic E-state index is 12.5. The van der Waals surface area contributed by atoms with Crippen molar-refractivity contribution >= 4 is 5.91 Å². The van der Waals surface area contributed by atoms with Crippen LogP contribution in [-0.2, 0) is 4.79 Å². The van der Waals surface area contributed by atoms with Crippen molar-refractivity contribution < 1.29 is 20.1 Å². The van der Waals surface area contributed by atoms with Gasteiger partial charge in [-0.15, -0.1) is 0 Å². The van der Waals surface area contributed by atoms with E-state index in [0.717, 1.165) is 44.9 Å². The molecular weight excluding hydrogens is 727 g/mol. The molecule has 0 aliphatic rings. The predicted octanol–water partition coefficient (Wildman–Crippen LogP) is 16.1. The number of hydrogen-bond acceptors (Lipinski definition) is 4. The summed E-state index contributed by atoms with van der Waals surface area (Å²) >= 11 is 0. The highest BCUT2D eigenvalue weighted by molar-refractivity contribution is 5.76. The Labute approximate surface area is 369 Å². The van der Waals surface area contributed by atoms with Gasteiger partial charge in [0, 0.05) is 6.42 Å². The molecule has 3 unspecified atom stereocenters. The first-order valence-electron chi connectivity index (χ1n) is 26.6. The summed E-state index contributed by atoms with van der Waals surface area (Å²) < 4.78 is 0. The van der Waals surface area contributed by atoms with E-state index in [1.54, 1.807) is 0 Å². The second kappa shape index (κ2) is 49.5. The largest absolute Gasteiger partial charge is 0.394 e. The minimum Gasteiger partial charge on any atom is -0.394 e. The van der Waals surface area contributed by atoms with Crippen LogP contribution in [0.3, 0.4) is 0 Å². The molecule has 0 heterocycles. The highest BCUT2D eigenvalue weighted by Gasteiger charge is 2.26. The number of aliphatic hydroxyl groups excluding tert-OH is 3. The zero-order chi connectivity index (χ0) is 43.0. The van der Waals surface area contributed by atoms with Crippen LogP contribution in [0, 0.1) is 0 Å². The zero-order valence-electron chi connectivity index (χ0n) is 39.9. The number of hydrogen-bond donors (Lipinski definition) is 4. The van der Waals surface area contributed by atoms with E-state index >= 15 is 0 Å². The molecule has 0 rings (SSSR count). The average Bonchev–Trinajstić information content (AvgIpc) is 3.24. The fourth-order valence-corrected chi connectivity index (χ4v) is 8.43. The topological polar surface area (TPSA) is 89.8 Å². The van der Waals surface area contributed by atoms with Crippen molar-refractivity contribution in [2.24, 2.45) is 0 Å². The molecule has 0 aromatic heterocycles. The van der Waals surface area contributed by atoms with Crippen LogP contribution in [0.1, 0.15) is 290 Å². The maximum Gasteiger partial charge on any atom is 0.220 e. The van der Waals surface area contributed by atoms with Gasteiger partial charge in [0.2, 0.25) is 5.91 Å². The van der Waals surface area contributed by atoms with E-state index in [2.05, 4.69) is 43.5 Å². The fourth-order valence-electron chi connectivity index (χ4n) is 8.43. The Balaban J connectivity index is 3.47. The summed E-state index contributed by atoms with van der Waals surface area (Å²) in [5, 5.41) is 33.6. The second-order valence-electron chi connectivity index (χ2n) is 18.4. The summed E-state index contributed by atoms with van der Waals surface area (Å²) in [5.74, 6) is -0.141. The van der Waals surface area contributed by atoms with Gasteiger partial charge in [-0.3, -0.25) is 4.79 Å². The molecule has 0 saturated heterocycles. The van der Waals surface area contributed by atoms with Crippen LogP contribution < -0.4 is 5.32 Å². The van der Waals surface area contributed by atoms with Crippen molar-refractivity contribution in [3.63, 3.8) is 0 Å². The number of amides is 1. The van der Waals surface area contributed by atoms with Crippen LogP contribution in [0.4, 0.5) is 0 Å². The van der Waals surface area contributed by atoms with Crippen LogP contribution >= 0.6 is 0 Å². The minimum atomic E-state index is -1.13. The van der Waals surface area contributed by atoms with Crippen molar-refractivity contribution in [1.82, 2.24) is 5.32 Å².